The maximum Gasteiger partial charge on any atom is 0.231 e. The Morgan fingerprint density at radius 3 is 1.20 bits per heavy atom. The van der Waals surface area contributed by atoms with Crippen molar-refractivity contribution >= 4 is 11.6 Å². The molecule has 2 atom stereocenters. The van der Waals surface area contributed by atoms with E-state index in [-0.39, 0.29) is 12.0 Å². The summed E-state index contributed by atoms with van der Waals surface area (Å²) in [6, 6.07) is 55.2. The van der Waals surface area contributed by atoms with Gasteiger partial charge in [0.1, 0.15) is 11.4 Å². The van der Waals surface area contributed by atoms with Crippen molar-refractivity contribution < 1.29 is 0 Å². The van der Waals surface area contributed by atoms with Gasteiger partial charge in [-0.2, -0.15) is 0 Å². The number of hydrogen-bond donors (Lipinski definition) is 0. The molecule has 0 fully saturated rings. The van der Waals surface area contributed by atoms with Crippen molar-refractivity contribution in [1.82, 2.24) is 29.9 Å². The molecule has 0 radical (unpaired) electrons. The van der Waals surface area contributed by atoms with Gasteiger partial charge in [0.25, 0.3) is 0 Å². The molecule has 55 heavy (non-hydrogen) atoms. The number of allylic oxidation sites excluding steroid dienone is 2. The molecule has 0 amide bonds. The van der Waals surface area contributed by atoms with Crippen LogP contribution in [0.15, 0.2) is 188 Å². The van der Waals surface area contributed by atoms with E-state index >= 15 is 0 Å². The number of fused-ring (bicyclic) bond motifs is 3. The van der Waals surface area contributed by atoms with Crippen molar-refractivity contribution in [2.75, 3.05) is 4.90 Å². The third-order valence-corrected chi connectivity index (χ3v) is 10.1. The summed E-state index contributed by atoms with van der Waals surface area (Å²) in [6.07, 6.45) is 8.69. The minimum Gasteiger partial charge on any atom is -0.302 e. The van der Waals surface area contributed by atoms with Gasteiger partial charge in [-0.3, -0.25) is 0 Å². The van der Waals surface area contributed by atoms with Crippen molar-refractivity contribution in [1.29, 1.82) is 0 Å². The number of anilines is 2. The van der Waals surface area contributed by atoms with Crippen molar-refractivity contribution in [3.63, 3.8) is 0 Å². The number of para-hydroxylation sites is 1. The van der Waals surface area contributed by atoms with Crippen LogP contribution in [-0.4, -0.2) is 35.9 Å². The second kappa shape index (κ2) is 13.9. The second-order valence-corrected chi connectivity index (χ2v) is 13.5. The molecule has 7 nitrogen and oxygen atoms in total. The Morgan fingerprint density at radius 1 is 0.364 bits per heavy atom. The fraction of sp³-hybridized carbons (Fsp3) is 0.0417. The molecular formula is C48H33N7. The molecule has 1 aliphatic heterocycles. The number of benzene rings is 5. The van der Waals surface area contributed by atoms with Crippen LogP contribution in [0, 0.1) is 0 Å². The van der Waals surface area contributed by atoms with Crippen LogP contribution in [0.4, 0.5) is 11.6 Å². The molecule has 0 saturated carbocycles. The van der Waals surface area contributed by atoms with Crippen LogP contribution in [0.2, 0.25) is 0 Å². The number of rotatable bonds is 7. The van der Waals surface area contributed by atoms with E-state index in [9.17, 15) is 0 Å². The van der Waals surface area contributed by atoms with Crippen molar-refractivity contribution in [2.45, 2.75) is 12.0 Å². The van der Waals surface area contributed by atoms with Crippen LogP contribution in [0.5, 0.6) is 0 Å². The van der Waals surface area contributed by atoms with Gasteiger partial charge in [0.15, 0.2) is 11.6 Å². The molecule has 0 bridgehead atoms. The van der Waals surface area contributed by atoms with E-state index in [4.69, 9.17) is 29.9 Å². The first-order chi connectivity index (χ1) is 27.2. The molecule has 3 aromatic heterocycles. The summed E-state index contributed by atoms with van der Waals surface area (Å²) < 4.78 is 0. The zero-order valence-electron chi connectivity index (χ0n) is 29.7. The summed E-state index contributed by atoms with van der Waals surface area (Å²) in [6.45, 7) is 0. The molecular weight excluding hydrogens is 675 g/mol. The summed E-state index contributed by atoms with van der Waals surface area (Å²) in [5, 5.41) is 0. The van der Waals surface area contributed by atoms with E-state index in [1.165, 1.54) is 5.56 Å². The lowest BCUT2D eigenvalue weighted by molar-refractivity contribution is 0.730. The minimum absolute atomic E-state index is 0.0154. The first-order valence-corrected chi connectivity index (χ1v) is 18.4. The average molecular weight is 708 g/mol. The highest BCUT2D eigenvalue weighted by Crippen LogP contribution is 2.47. The Morgan fingerprint density at radius 2 is 0.745 bits per heavy atom. The zero-order valence-corrected chi connectivity index (χ0v) is 29.7. The summed E-state index contributed by atoms with van der Waals surface area (Å²) in [4.78, 5) is 33.5. The van der Waals surface area contributed by atoms with Crippen LogP contribution >= 0.6 is 0 Å². The van der Waals surface area contributed by atoms with Crippen molar-refractivity contribution in [2.24, 2.45) is 0 Å². The maximum absolute atomic E-state index is 5.31. The van der Waals surface area contributed by atoms with Gasteiger partial charge in [-0.1, -0.05) is 164 Å². The molecule has 8 aromatic rings. The van der Waals surface area contributed by atoms with Crippen LogP contribution < -0.4 is 4.90 Å². The Bertz CT molecular complexity index is 2450. The monoisotopic (exact) mass is 707 g/mol. The Hall–Kier alpha value is -7.38. The van der Waals surface area contributed by atoms with Crippen LogP contribution in [0.25, 0.3) is 68.1 Å². The highest BCUT2D eigenvalue weighted by Gasteiger charge is 2.39. The van der Waals surface area contributed by atoms with Crippen molar-refractivity contribution in [3.05, 3.63) is 194 Å². The topological polar surface area (TPSA) is 80.6 Å². The Balaban J connectivity index is 1.23. The van der Waals surface area contributed by atoms with E-state index in [1.807, 2.05) is 91.0 Å². The van der Waals surface area contributed by atoms with Crippen LogP contribution in [0.3, 0.4) is 0 Å². The summed E-state index contributed by atoms with van der Waals surface area (Å²) >= 11 is 0. The molecule has 2 unspecified atom stereocenters. The molecule has 0 saturated heterocycles. The van der Waals surface area contributed by atoms with E-state index < -0.39 is 0 Å². The summed E-state index contributed by atoms with van der Waals surface area (Å²) in [7, 11) is 0. The lowest BCUT2D eigenvalue weighted by Crippen LogP contribution is -2.30. The van der Waals surface area contributed by atoms with Crippen LogP contribution in [0.1, 0.15) is 11.5 Å². The molecule has 4 heterocycles. The van der Waals surface area contributed by atoms with Gasteiger partial charge in [-0.15, -0.1) is 0 Å². The molecule has 5 aromatic carbocycles. The molecule has 0 spiro atoms. The summed E-state index contributed by atoms with van der Waals surface area (Å²) in [5.74, 6) is 1.64. The maximum atomic E-state index is 5.31. The van der Waals surface area contributed by atoms with Gasteiger partial charge in [0.05, 0.1) is 28.8 Å². The highest BCUT2D eigenvalue weighted by molar-refractivity contribution is 5.77. The van der Waals surface area contributed by atoms with E-state index in [1.54, 1.807) is 0 Å². The predicted octanol–water partition coefficient (Wildman–Crippen LogP) is 10.8. The van der Waals surface area contributed by atoms with Gasteiger partial charge < -0.3 is 4.90 Å². The van der Waals surface area contributed by atoms with Crippen LogP contribution in [-0.2, 0) is 0 Å². The lowest BCUT2D eigenvalue weighted by atomic mass is 9.92. The molecule has 0 N–H and O–H groups in total. The quantitative estimate of drug-likeness (QED) is 0.163. The number of nitrogens with zero attached hydrogens (tertiary/aromatic N) is 7. The third kappa shape index (κ3) is 6.17. The normalized spacial score (nSPS) is 15.5. The van der Waals surface area contributed by atoms with E-state index in [0.29, 0.717) is 29.0 Å². The SMILES string of the molecule is C1=CC2c3ccccc3N(c3nc(-c4nc(-c5ccccc5)cc(-c5ccccc5)n4)cc(-c4nc(-c5ccccc5)cc(-c5ccccc5)n4)n3)C2C=C1. The first kappa shape index (κ1) is 32.3. The van der Waals surface area contributed by atoms with Gasteiger partial charge in [0.2, 0.25) is 5.95 Å². The minimum atomic E-state index is -0.0154. The van der Waals surface area contributed by atoms with Gasteiger partial charge >= 0.3 is 0 Å². The second-order valence-electron chi connectivity index (χ2n) is 13.5. The standard InChI is InChI=1S/C48H33N7/c1-5-17-32(18-6-1)38-29-39(33-19-7-2-8-20-33)50-46(49-38)42-31-43(54-48(53-42)55-44-27-15-13-25-36(44)37-26-14-16-28-45(37)55)47-51-40(34-21-9-3-10-22-34)30-41(52-47)35-23-11-4-12-24-35/h1-31,36,44H. The van der Waals surface area contributed by atoms with Gasteiger partial charge in [0, 0.05) is 33.9 Å². The smallest absolute Gasteiger partial charge is 0.231 e. The molecule has 2 aliphatic rings. The largest absolute Gasteiger partial charge is 0.302 e. The Labute approximate surface area is 319 Å². The van der Waals surface area contributed by atoms with Gasteiger partial charge in [-0.25, -0.2) is 29.9 Å². The van der Waals surface area contributed by atoms with E-state index in [2.05, 4.69) is 102 Å². The van der Waals surface area contributed by atoms with Gasteiger partial charge in [-0.05, 0) is 29.8 Å². The molecule has 7 heteroatoms. The summed E-state index contributed by atoms with van der Waals surface area (Å²) in [5.41, 5.74) is 10.6. The molecule has 10 rings (SSSR count). The molecule has 260 valence electrons. The Kier molecular flexibility index (Phi) is 8.15. The lowest BCUT2D eigenvalue weighted by Gasteiger charge is -2.27. The van der Waals surface area contributed by atoms with Crippen molar-refractivity contribution in [3.8, 4) is 68.1 Å². The first-order valence-electron chi connectivity index (χ1n) is 18.4. The molecule has 1 aliphatic carbocycles. The highest BCUT2D eigenvalue weighted by atomic mass is 15.3. The fourth-order valence-electron chi connectivity index (χ4n) is 7.44. The number of hydrogen-bond acceptors (Lipinski definition) is 7. The predicted molar refractivity (Wildman–Crippen MR) is 219 cm³/mol. The fourth-order valence-corrected chi connectivity index (χ4v) is 7.44. The van der Waals surface area contributed by atoms with E-state index in [0.717, 1.165) is 50.7 Å². The third-order valence-electron chi connectivity index (χ3n) is 10.1. The zero-order chi connectivity index (χ0) is 36.6. The number of aromatic nitrogens is 6. The average Bonchev–Trinajstić information content (AvgIpc) is 3.61.